The van der Waals surface area contributed by atoms with Gasteiger partial charge in [0.15, 0.2) is 12.0 Å². The summed E-state index contributed by atoms with van der Waals surface area (Å²) in [6.07, 6.45) is 0.573. The number of benzene rings is 4. The number of aromatic hydroxyl groups is 1. The average molecular weight is 484 g/mol. The summed E-state index contributed by atoms with van der Waals surface area (Å²) in [6, 6.07) is 20.9. The summed E-state index contributed by atoms with van der Waals surface area (Å²) in [5.41, 5.74) is 1.53. The van der Waals surface area contributed by atoms with Gasteiger partial charge in [-0.3, -0.25) is 9.59 Å². The molecule has 0 bridgehead atoms. The van der Waals surface area contributed by atoms with Crippen LogP contribution in [0.3, 0.4) is 0 Å². The van der Waals surface area contributed by atoms with Gasteiger partial charge in [-0.05, 0) is 37.4 Å². The summed E-state index contributed by atoms with van der Waals surface area (Å²) in [5.74, 6) is 0.191. The number of rotatable bonds is 9. The van der Waals surface area contributed by atoms with E-state index in [0.29, 0.717) is 53.3 Å². The van der Waals surface area contributed by atoms with Crippen molar-refractivity contribution in [2.45, 2.75) is 13.8 Å². The minimum atomic E-state index is -0.296. The Morgan fingerprint density at radius 2 is 1.61 bits per heavy atom. The number of fused-ring (bicyclic) bond motifs is 1. The highest BCUT2D eigenvalue weighted by Crippen LogP contribution is 2.42. The van der Waals surface area contributed by atoms with Crippen molar-refractivity contribution in [3.63, 3.8) is 0 Å². The molecule has 0 saturated heterocycles. The normalized spacial score (nSPS) is 10.9. The van der Waals surface area contributed by atoms with Crippen molar-refractivity contribution >= 4 is 40.0 Å². The van der Waals surface area contributed by atoms with E-state index in [4.69, 9.17) is 9.47 Å². The molecule has 0 heterocycles. The molecule has 0 atom stereocenters. The van der Waals surface area contributed by atoms with Crippen molar-refractivity contribution in [3.05, 3.63) is 83.9 Å². The molecule has 8 nitrogen and oxygen atoms in total. The van der Waals surface area contributed by atoms with Crippen LogP contribution in [0, 0.1) is 0 Å². The Balaban J connectivity index is 1.78. The number of carbonyl (C=O) groups is 2. The molecule has 0 aromatic heterocycles. The third-order valence-electron chi connectivity index (χ3n) is 5.35. The van der Waals surface area contributed by atoms with Crippen LogP contribution in [-0.4, -0.2) is 30.5 Å². The summed E-state index contributed by atoms with van der Waals surface area (Å²) < 4.78 is 11.5. The van der Waals surface area contributed by atoms with Crippen molar-refractivity contribution in [2.24, 2.45) is 10.2 Å². The fraction of sp³-hybridized carbons (Fsp3) is 0.143. The molecule has 0 aliphatic carbocycles. The summed E-state index contributed by atoms with van der Waals surface area (Å²) >= 11 is 0. The minimum absolute atomic E-state index is 0.113. The zero-order valence-corrected chi connectivity index (χ0v) is 19.9. The van der Waals surface area contributed by atoms with Crippen molar-refractivity contribution in [2.75, 3.05) is 18.5 Å². The first-order chi connectivity index (χ1) is 17.5. The Kier molecular flexibility index (Phi) is 7.55. The number of hydrogen-bond donors (Lipinski definition) is 2. The Labute approximate surface area is 208 Å². The minimum Gasteiger partial charge on any atom is -0.505 e. The predicted molar refractivity (Wildman–Crippen MR) is 138 cm³/mol. The van der Waals surface area contributed by atoms with Gasteiger partial charge in [0.05, 0.1) is 24.5 Å². The Hall–Kier alpha value is -4.72. The zero-order valence-electron chi connectivity index (χ0n) is 19.9. The Morgan fingerprint density at radius 1 is 0.917 bits per heavy atom. The molecule has 8 heteroatoms. The molecule has 4 rings (SSSR count). The first-order valence-electron chi connectivity index (χ1n) is 11.5. The van der Waals surface area contributed by atoms with Crippen LogP contribution in [0.2, 0.25) is 0 Å². The number of amides is 1. The zero-order chi connectivity index (χ0) is 25.5. The molecule has 0 aliphatic rings. The van der Waals surface area contributed by atoms with E-state index >= 15 is 0 Å². The molecule has 0 unspecified atom stereocenters. The van der Waals surface area contributed by atoms with E-state index in [1.54, 1.807) is 48.5 Å². The van der Waals surface area contributed by atoms with Crippen LogP contribution >= 0.6 is 0 Å². The fourth-order valence-electron chi connectivity index (χ4n) is 3.69. The number of phenols is 1. The van der Waals surface area contributed by atoms with Crippen LogP contribution in [0.5, 0.6) is 17.2 Å². The van der Waals surface area contributed by atoms with Gasteiger partial charge in [-0.1, -0.05) is 42.5 Å². The molecule has 0 fully saturated rings. The van der Waals surface area contributed by atoms with Gasteiger partial charge in [0.25, 0.3) is 5.91 Å². The predicted octanol–water partition coefficient (Wildman–Crippen LogP) is 6.82. The van der Waals surface area contributed by atoms with Crippen molar-refractivity contribution in [1.82, 2.24) is 0 Å². The number of carbonyl (C=O) groups excluding carboxylic acids is 2. The number of nitrogens with zero attached hydrogens (tertiary/aromatic N) is 2. The second-order valence-electron chi connectivity index (χ2n) is 7.70. The van der Waals surface area contributed by atoms with Crippen LogP contribution < -0.4 is 14.8 Å². The molecular weight excluding hydrogens is 458 g/mol. The van der Waals surface area contributed by atoms with Crippen molar-refractivity contribution in [3.8, 4) is 17.2 Å². The highest BCUT2D eigenvalue weighted by Gasteiger charge is 2.17. The number of phenolic OH excluding ortho intramolecular Hbond substituents is 1. The second-order valence-corrected chi connectivity index (χ2v) is 7.70. The fourth-order valence-corrected chi connectivity index (χ4v) is 3.69. The number of nitrogens with one attached hydrogen (secondary N) is 1. The van der Waals surface area contributed by atoms with Gasteiger partial charge in [0.1, 0.15) is 22.9 Å². The quantitative estimate of drug-likeness (QED) is 0.200. The van der Waals surface area contributed by atoms with Crippen molar-refractivity contribution in [1.29, 1.82) is 0 Å². The van der Waals surface area contributed by atoms with E-state index in [1.807, 2.05) is 38.1 Å². The van der Waals surface area contributed by atoms with E-state index in [0.717, 1.165) is 5.39 Å². The summed E-state index contributed by atoms with van der Waals surface area (Å²) in [5, 5.41) is 23.5. The van der Waals surface area contributed by atoms with Crippen LogP contribution in [0.4, 0.5) is 17.1 Å². The van der Waals surface area contributed by atoms with Crippen molar-refractivity contribution < 1.29 is 24.2 Å². The van der Waals surface area contributed by atoms with Crippen LogP contribution in [0.1, 0.15) is 34.6 Å². The van der Waals surface area contributed by atoms with Crippen LogP contribution in [0.25, 0.3) is 10.8 Å². The van der Waals surface area contributed by atoms with Gasteiger partial charge in [0, 0.05) is 23.1 Å². The highest BCUT2D eigenvalue weighted by atomic mass is 16.5. The molecule has 4 aromatic rings. The van der Waals surface area contributed by atoms with Gasteiger partial charge < -0.3 is 19.9 Å². The lowest BCUT2D eigenvalue weighted by atomic mass is 10.0. The van der Waals surface area contributed by atoms with E-state index in [1.165, 1.54) is 0 Å². The molecule has 36 heavy (non-hydrogen) atoms. The third kappa shape index (κ3) is 5.17. The van der Waals surface area contributed by atoms with Gasteiger partial charge in [0.2, 0.25) is 0 Å². The largest absolute Gasteiger partial charge is 0.505 e. The molecule has 4 aromatic carbocycles. The molecule has 0 saturated carbocycles. The highest BCUT2D eigenvalue weighted by molar-refractivity contribution is 6.05. The second kappa shape index (κ2) is 11.1. The lowest BCUT2D eigenvalue weighted by molar-refractivity contribution is 0.102. The molecule has 1 amide bonds. The Bertz CT molecular complexity index is 1430. The number of azo groups is 1. The summed E-state index contributed by atoms with van der Waals surface area (Å²) in [6.45, 7) is 4.35. The van der Waals surface area contributed by atoms with E-state index in [-0.39, 0.29) is 22.9 Å². The maximum atomic E-state index is 12.8. The third-order valence-corrected chi connectivity index (χ3v) is 5.35. The first kappa shape index (κ1) is 24.4. The molecular formula is C28H25N3O5. The van der Waals surface area contributed by atoms with E-state index < -0.39 is 0 Å². The maximum Gasteiger partial charge on any atom is 0.255 e. The van der Waals surface area contributed by atoms with Crippen LogP contribution in [0.15, 0.2) is 83.0 Å². The average Bonchev–Trinajstić information content (AvgIpc) is 2.90. The number of anilines is 1. The van der Waals surface area contributed by atoms with Gasteiger partial charge in [-0.25, -0.2) is 0 Å². The van der Waals surface area contributed by atoms with Gasteiger partial charge >= 0.3 is 0 Å². The molecule has 0 aliphatic heterocycles. The number of ether oxygens (including phenoxy) is 2. The molecule has 0 spiro atoms. The number of hydrogen-bond acceptors (Lipinski definition) is 7. The van der Waals surface area contributed by atoms with Gasteiger partial charge in [-0.15, -0.1) is 10.2 Å². The lowest BCUT2D eigenvalue weighted by Crippen LogP contribution is -2.13. The standard InChI is InChI=1S/C28H25N3O5/c1-3-35-24-16-23(25(36-4-2)15-22(24)29-28(34)18-10-6-5-7-11-18)30-31-26-21-13-9-8-12-19(21)14-20(17-32)27(26)33/h5-17,33H,3-4H2,1-2H3,(H,29,34). The Morgan fingerprint density at radius 3 is 2.33 bits per heavy atom. The first-order valence-corrected chi connectivity index (χ1v) is 11.5. The smallest absolute Gasteiger partial charge is 0.255 e. The summed E-state index contributed by atoms with van der Waals surface area (Å²) in [7, 11) is 0. The monoisotopic (exact) mass is 483 g/mol. The molecule has 2 N–H and O–H groups in total. The molecule has 0 radical (unpaired) electrons. The SMILES string of the molecule is CCOc1cc(NC(=O)c2ccccc2)c(OCC)cc1N=Nc1c(O)c(C=O)cc2ccccc12. The summed E-state index contributed by atoms with van der Waals surface area (Å²) in [4.78, 5) is 24.2. The van der Waals surface area contributed by atoms with E-state index in [9.17, 15) is 14.7 Å². The molecule has 182 valence electrons. The maximum absolute atomic E-state index is 12.8. The van der Waals surface area contributed by atoms with Crippen LogP contribution in [-0.2, 0) is 0 Å². The topological polar surface area (TPSA) is 110 Å². The van der Waals surface area contributed by atoms with E-state index in [2.05, 4.69) is 15.5 Å². The lowest BCUT2D eigenvalue weighted by Gasteiger charge is -2.15. The number of aldehydes is 1. The van der Waals surface area contributed by atoms with Gasteiger partial charge in [-0.2, -0.15) is 0 Å².